The number of para-hydroxylation sites is 3. The van der Waals surface area contributed by atoms with Gasteiger partial charge in [-0.3, -0.25) is 14.1 Å². The highest BCUT2D eigenvalue weighted by Gasteiger charge is 2.18. The summed E-state index contributed by atoms with van der Waals surface area (Å²) in [4.78, 5) is 24.3. The Balaban J connectivity index is 0.000000293. The Labute approximate surface area is 263 Å². The van der Waals surface area contributed by atoms with E-state index in [0.717, 1.165) is 5.39 Å². The van der Waals surface area contributed by atoms with Crippen LogP contribution in [0.25, 0.3) is 16.5 Å². The first-order chi connectivity index (χ1) is 22.0. The van der Waals surface area contributed by atoms with Crippen LogP contribution in [-0.4, -0.2) is 57.8 Å². The van der Waals surface area contributed by atoms with Crippen LogP contribution in [0, 0.1) is 11.3 Å². The van der Waals surface area contributed by atoms with Crippen molar-refractivity contribution in [1.82, 2.24) is 15.0 Å². The number of hydrogen-bond acceptors (Lipinski definition) is 12. The second-order valence-electron chi connectivity index (χ2n) is 8.56. The molecule has 0 radical (unpaired) electrons. The van der Waals surface area contributed by atoms with E-state index in [0.29, 0.717) is 28.1 Å². The minimum Gasteiger partial charge on any atom is -0.506 e. The van der Waals surface area contributed by atoms with Gasteiger partial charge in [-0.1, -0.05) is 48.5 Å². The molecule has 0 bridgehead atoms. The summed E-state index contributed by atoms with van der Waals surface area (Å²) in [5.41, 5.74) is 1.68. The van der Waals surface area contributed by atoms with Crippen molar-refractivity contribution in [2.24, 2.45) is 0 Å². The van der Waals surface area contributed by atoms with Gasteiger partial charge in [0.1, 0.15) is 40.7 Å². The lowest BCUT2D eigenvalue weighted by molar-refractivity contribution is -0.133. The maximum absolute atomic E-state index is 12.1. The molecule has 2 heterocycles. The van der Waals surface area contributed by atoms with Gasteiger partial charge in [0.05, 0.1) is 32.1 Å². The van der Waals surface area contributed by atoms with Crippen molar-refractivity contribution >= 4 is 32.8 Å². The average molecular weight is 647 g/mol. The number of methoxy groups -OCH3 is 2. The number of nitriles is 1. The maximum Gasteiger partial charge on any atom is 0.394 e. The zero-order chi connectivity index (χ0) is 33.5. The molecular weight excluding hydrogens is 620 g/mol. The number of aromatic nitrogens is 3. The number of carbonyl (C=O) groups is 1. The van der Waals surface area contributed by atoms with Crippen molar-refractivity contribution in [3.05, 3.63) is 115 Å². The molecule has 0 atom stereocenters. The molecule has 0 aliphatic carbocycles. The lowest BCUT2D eigenvalue weighted by atomic mass is 10.1. The Kier molecular flexibility index (Phi) is 12.5. The van der Waals surface area contributed by atoms with E-state index in [-0.39, 0.29) is 23.1 Å². The minimum atomic E-state index is -4.67. The Hall–Kier alpha value is -6.08. The number of pyridine rings is 1. The predicted molar refractivity (Wildman–Crippen MR) is 164 cm³/mol. The summed E-state index contributed by atoms with van der Waals surface area (Å²) in [5.74, 6) is 0.759. The van der Waals surface area contributed by atoms with E-state index < -0.39 is 16.4 Å². The molecule has 0 saturated heterocycles. The molecule has 2 aromatic heterocycles. The minimum absolute atomic E-state index is 0.184. The molecule has 3 aromatic carbocycles. The zero-order valence-corrected chi connectivity index (χ0v) is 25.0. The van der Waals surface area contributed by atoms with Crippen molar-refractivity contribution in [1.29, 1.82) is 5.26 Å². The van der Waals surface area contributed by atoms with Gasteiger partial charge in [0.2, 0.25) is 11.8 Å². The lowest BCUT2D eigenvalue weighted by Crippen LogP contribution is -2.06. The van der Waals surface area contributed by atoms with Gasteiger partial charge in [0.25, 0.3) is 0 Å². The van der Waals surface area contributed by atoms with Gasteiger partial charge in [-0.15, -0.1) is 0 Å². The van der Waals surface area contributed by atoms with Crippen molar-refractivity contribution < 1.29 is 46.4 Å². The largest absolute Gasteiger partial charge is 0.506 e. The average Bonchev–Trinajstić information content (AvgIpc) is 3.04. The first-order valence-corrected chi connectivity index (χ1v) is 14.2. The van der Waals surface area contributed by atoms with E-state index in [2.05, 4.69) is 21.0 Å². The highest BCUT2D eigenvalue weighted by atomic mass is 32.3. The molecule has 46 heavy (non-hydrogen) atoms. The number of carbonyl (C=O) groups excluding carboxylic acids is 1. The fourth-order valence-electron chi connectivity index (χ4n) is 3.62. The molecule has 0 spiro atoms. The number of phenols is 1. The fraction of sp³-hybridized carbons (Fsp3) is 0.0645. The van der Waals surface area contributed by atoms with Crippen LogP contribution in [0.5, 0.6) is 29.0 Å². The fourth-order valence-corrected chi connectivity index (χ4v) is 3.62. The number of rotatable bonds is 7. The number of phenolic OH excluding ortho intramolecular Hbond substituents is 1. The zero-order valence-electron chi connectivity index (χ0n) is 24.2. The molecule has 0 amide bonds. The summed E-state index contributed by atoms with van der Waals surface area (Å²) in [7, 11) is -1.96. The molecule has 15 heteroatoms. The van der Waals surface area contributed by atoms with Gasteiger partial charge < -0.3 is 24.1 Å². The van der Waals surface area contributed by atoms with E-state index in [1.165, 1.54) is 32.9 Å². The molecular formula is C31H26N4O10S. The van der Waals surface area contributed by atoms with Gasteiger partial charge in [0.15, 0.2) is 0 Å². The van der Waals surface area contributed by atoms with Crippen LogP contribution in [0.15, 0.2) is 104 Å². The summed E-state index contributed by atoms with van der Waals surface area (Å²) >= 11 is 0. The Morgan fingerprint density at radius 3 is 2.09 bits per heavy atom. The second-order valence-corrected chi connectivity index (χ2v) is 9.46. The Morgan fingerprint density at radius 2 is 1.46 bits per heavy atom. The lowest BCUT2D eigenvalue weighted by Gasteiger charge is -2.12. The summed E-state index contributed by atoms with van der Waals surface area (Å²) in [6.45, 7) is 0. The monoisotopic (exact) mass is 646 g/mol. The smallest absolute Gasteiger partial charge is 0.394 e. The topological polar surface area (TPSA) is 211 Å². The maximum atomic E-state index is 12.1. The molecule has 0 aliphatic rings. The molecule has 0 aliphatic heterocycles. The highest BCUT2D eigenvalue weighted by molar-refractivity contribution is 7.79. The van der Waals surface area contributed by atoms with Gasteiger partial charge >= 0.3 is 16.4 Å². The summed E-state index contributed by atoms with van der Waals surface area (Å²) in [5, 5.41) is 19.5. The molecule has 0 unspecified atom stereocenters. The molecule has 5 rings (SSSR count). The number of esters is 1. The van der Waals surface area contributed by atoms with Crippen LogP contribution in [-0.2, 0) is 24.7 Å². The third kappa shape index (κ3) is 10.6. The number of nitrogens with zero attached hydrogens (tertiary/aromatic N) is 4. The van der Waals surface area contributed by atoms with E-state index in [1.54, 1.807) is 66.9 Å². The normalized spacial score (nSPS) is 10.6. The van der Waals surface area contributed by atoms with Crippen LogP contribution >= 0.6 is 0 Å². The third-order valence-electron chi connectivity index (χ3n) is 5.48. The van der Waals surface area contributed by atoms with Gasteiger partial charge in [-0.2, -0.15) is 13.7 Å². The van der Waals surface area contributed by atoms with Gasteiger partial charge in [0, 0.05) is 17.1 Å². The van der Waals surface area contributed by atoms with Crippen LogP contribution < -0.4 is 9.47 Å². The number of fused-ring (bicyclic) bond motifs is 1. The molecule has 5 aromatic rings. The van der Waals surface area contributed by atoms with Gasteiger partial charge in [-0.25, -0.2) is 14.8 Å². The van der Waals surface area contributed by atoms with E-state index >= 15 is 0 Å². The third-order valence-corrected chi connectivity index (χ3v) is 5.48. The summed E-state index contributed by atoms with van der Waals surface area (Å²) < 4.78 is 53.0. The predicted octanol–water partition coefficient (Wildman–Crippen LogP) is 5.38. The molecule has 14 nitrogen and oxygen atoms in total. The molecule has 0 saturated carbocycles. The second kappa shape index (κ2) is 16.7. The first kappa shape index (κ1) is 34.4. The number of aromatic hydroxyl groups is 1. The van der Waals surface area contributed by atoms with Crippen LogP contribution in [0.3, 0.4) is 0 Å². The van der Waals surface area contributed by atoms with Crippen molar-refractivity contribution in [2.45, 2.75) is 0 Å². The number of ether oxygens (including phenoxy) is 4. The van der Waals surface area contributed by atoms with E-state index in [9.17, 15) is 15.2 Å². The van der Waals surface area contributed by atoms with E-state index in [4.69, 9.17) is 36.5 Å². The van der Waals surface area contributed by atoms with Crippen LogP contribution in [0.4, 0.5) is 0 Å². The van der Waals surface area contributed by atoms with E-state index in [1.807, 2.05) is 18.2 Å². The van der Waals surface area contributed by atoms with Crippen molar-refractivity contribution in [3.8, 4) is 35.1 Å². The van der Waals surface area contributed by atoms with Crippen LogP contribution in [0.1, 0.15) is 11.1 Å². The first-order valence-electron chi connectivity index (χ1n) is 12.8. The SMILES string of the molecule is CO/C=C(/C(=O)OC)c1ccccc1Oc1cc(Oc2ccccc2C#N)ncn1.O=S(=O)(O)O.Oc1cccc2cccnc12. The van der Waals surface area contributed by atoms with Gasteiger partial charge in [-0.05, 0) is 30.3 Å². The molecule has 3 N–H and O–H groups in total. The highest BCUT2D eigenvalue weighted by Crippen LogP contribution is 2.32. The Morgan fingerprint density at radius 1 is 0.848 bits per heavy atom. The summed E-state index contributed by atoms with van der Waals surface area (Å²) in [6, 6.07) is 26.3. The molecule has 0 fully saturated rings. The Bertz CT molecular complexity index is 1960. The van der Waals surface area contributed by atoms with Crippen molar-refractivity contribution in [2.75, 3.05) is 14.2 Å². The van der Waals surface area contributed by atoms with Crippen molar-refractivity contribution in [3.63, 3.8) is 0 Å². The van der Waals surface area contributed by atoms with Crippen LogP contribution in [0.2, 0.25) is 0 Å². The molecule has 236 valence electrons. The summed E-state index contributed by atoms with van der Waals surface area (Å²) in [6.07, 6.45) is 4.22. The number of benzene rings is 3. The standard InChI is InChI=1S/C22H17N3O5.C9H7NO.H2O4S/c1-27-13-17(22(26)28-2)16-8-4-6-10-19(16)30-21-11-20(24-14-25-21)29-18-9-5-3-7-15(18)12-23;11-8-5-1-3-7-4-2-6-10-9(7)8;1-5(2,3)4/h3-11,13-14H,1-2H3;1-6,11H;(H2,1,2,3,4)/b17-13+;;. The quantitative estimate of drug-likeness (QED) is 0.0877. The number of hydrogen-bond donors (Lipinski definition) is 3.